The Bertz CT molecular complexity index is 1080. The first kappa shape index (κ1) is 64.9. The van der Waals surface area contributed by atoms with Crippen LogP contribution >= 0.6 is 0 Å². The van der Waals surface area contributed by atoms with Gasteiger partial charge in [-0.3, -0.25) is 14.4 Å². The molecule has 6 nitrogen and oxygen atoms in total. The predicted octanol–water partition coefficient (Wildman–Crippen LogP) is 19.9. The van der Waals surface area contributed by atoms with Crippen molar-refractivity contribution in [1.29, 1.82) is 0 Å². The zero-order valence-corrected chi connectivity index (χ0v) is 45.2. The van der Waals surface area contributed by atoms with E-state index in [0.29, 0.717) is 19.3 Å². The molecule has 0 saturated carbocycles. The maximum atomic E-state index is 12.9. The van der Waals surface area contributed by atoms with Gasteiger partial charge in [0, 0.05) is 19.3 Å². The summed E-state index contributed by atoms with van der Waals surface area (Å²) in [5.41, 5.74) is 0. The molecule has 0 aromatic carbocycles. The van der Waals surface area contributed by atoms with Crippen molar-refractivity contribution in [2.24, 2.45) is 0 Å². The summed E-state index contributed by atoms with van der Waals surface area (Å²) in [6, 6.07) is 0. The molecule has 0 aromatic rings. The fraction of sp³-hybridized carbons (Fsp3) is 0.885. The summed E-state index contributed by atoms with van der Waals surface area (Å²) >= 11 is 0. The number of rotatable bonds is 55. The van der Waals surface area contributed by atoms with Crippen LogP contribution in [0.4, 0.5) is 0 Å². The summed E-state index contributed by atoms with van der Waals surface area (Å²) in [5.74, 6) is -0.873. The highest BCUT2D eigenvalue weighted by Crippen LogP contribution is 2.17. The number of esters is 3. The Morgan fingerprint density at radius 1 is 0.284 bits per heavy atom. The van der Waals surface area contributed by atoms with Gasteiger partial charge in [-0.05, 0) is 70.6 Å². The van der Waals surface area contributed by atoms with Crippen LogP contribution in [0.2, 0.25) is 0 Å². The van der Waals surface area contributed by atoms with Gasteiger partial charge in [-0.25, -0.2) is 0 Å². The lowest BCUT2D eigenvalue weighted by Gasteiger charge is -2.18. The van der Waals surface area contributed by atoms with Gasteiger partial charge in [0.1, 0.15) is 13.2 Å². The van der Waals surface area contributed by atoms with E-state index in [1.54, 1.807) is 0 Å². The van der Waals surface area contributed by atoms with Crippen LogP contribution in [0.3, 0.4) is 0 Å². The molecule has 0 aliphatic carbocycles. The third kappa shape index (κ3) is 54.7. The first-order valence-corrected chi connectivity index (χ1v) is 29.8. The van der Waals surface area contributed by atoms with Crippen LogP contribution in [0.5, 0.6) is 0 Å². The summed E-state index contributed by atoms with van der Waals surface area (Å²) in [4.78, 5) is 38.2. The molecular weight excluding hydrogens is 829 g/mol. The van der Waals surface area contributed by atoms with Gasteiger partial charge in [-0.15, -0.1) is 0 Å². The van der Waals surface area contributed by atoms with Crippen molar-refractivity contribution in [3.8, 4) is 0 Å². The molecule has 0 fully saturated rings. The number of ether oxygens (including phenoxy) is 3. The summed E-state index contributed by atoms with van der Waals surface area (Å²) < 4.78 is 16.9. The van der Waals surface area contributed by atoms with E-state index in [9.17, 15) is 14.4 Å². The van der Waals surface area contributed by atoms with Gasteiger partial charge in [0.15, 0.2) is 6.10 Å². The Balaban J connectivity index is 4.32. The zero-order chi connectivity index (χ0) is 48.6. The van der Waals surface area contributed by atoms with E-state index >= 15 is 0 Å². The van der Waals surface area contributed by atoms with E-state index in [1.807, 2.05) is 0 Å². The third-order valence-corrected chi connectivity index (χ3v) is 13.4. The minimum Gasteiger partial charge on any atom is -0.462 e. The fourth-order valence-corrected chi connectivity index (χ4v) is 8.91. The molecule has 0 N–H and O–H groups in total. The molecule has 0 aliphatic rings. The van der Waals surface area contributed by atoms with Crippen molar-refractivity contribution in [3.05, 3.63) is 24.3 Å². The molecule has 1 unspecified atom stereocenters. The van der Waals surface area contributed by atoms with Crippen LogP contribution in [0, 0.1) is 0 Å². The van der Waals surface area contributed by atoms with Gasteiger partial charge < -0.3 is 14.2 Å². The fourth-order valence-electron chi connectivity index (χ4n) is 8.91. The van der Waals surface area contributed by atoms with Crippen LogP contribution in [-0.2, 0) is 28.6 Å². The molecule has 1 atom stereocenters. The Morgan fingerprint density at radius 2 is 0.493 bits per heavy atom. The van der Waals surface area contributed by atoms with Gasteiger partial charge in [0.25, 0.3) is 0 Å². The van der Waals surface area contributed by atoms with E-state index in [2.05, 4.69) is 45.1 Å². The highest BCUT2D eigenvalue weighted by atomic mass is 16.6. The number of carbonyl (C=O) groups excluding carboxylic acids is 3. The molecule has 0 aliphatic heterocycles. The van der Waals surface area contributed by atoms with E-state index in [1.165, 1.54) is 218 Å². The summed E-state index contributed by atoms with van der Waals surface area (Å²) in [6.45, 7) is 6.67. The maximum Gasteiger partial charge on any atom is 0.306 e. The Labute approximate surface area is 417 Å². The van der Waals surface area contributed by atoms with E-state index in [0.717, 1.165) is 70.6 Å². The molecule has 0 heterocycles. The third-order valence-electron chi connectivity index (χ3n) is 13.4. The molecule has 0 radical (unpaired) electrons. The second kappa shape index (κ2) is 56.5. The topological polar surface area (TPSA) is 78.9 Å². The van der Waals surface area contributed by atoms with Gasteiger partial charge in [0.05, 0.1) is 0 Å². The lowest BCUT2D eigenvalue weighted by molar-refractivity contribution is -0.167. The predicted molar refractivity (Wildman–Crippen MR) is 289 cm³/mol. The number of hydrogen-bond acceptors (Lipinski definition) is 6. The largest absolute Gasteiger partial charge is 0.462 e. The van der Waals surface area contributed by atoms with Crippen LogP contribution in [0.25, 0.3) is 0 Å². The van der Waals surface area contributed by atoms with Crippen molar-refractivity contribution in [2.45, 2.75) is 335 Å². The Morgan fingerprint density at radius 3 is 0.761 bits per heavy atom. The van der Waals surface area contributed by atoms with Crippen LogP contribution in [-0.4, -0.2) is 37.2 Å². The second-order valence-corrected chi connectivity index (χ2v) is 20.3. The molecule has 0 rings (SSSR count). The highest BCUT2D eigenvalue weighted by Gasteiger charge is 2.19. The van der Waals surface area contributed by atoms with Crippen molar-refractivity contribution in [3.63, 3.8) is 0 Å². The van der Waals surface area contributed by atoms with Gasteiger partial charge in [-0.2, -0.15) is 0 Å². The zero-order valence-electron chi connectivity index (χ0n) is 45.2. The standard InChI is InChI=1S/C61H114O6/c1-4-7-10-13-16-19-22-25-27-29-30-32-33-36-39-42-45-48-51-54-60(63)66-57-58(56-65-59(62)53-50-47-44-41-38-35-24-21-18-15-12-9-6-3)67-61(64)55-52-49-46-43-40-37-34-31-28-26-23-20-17-14-11-8-5-2/h29-30,35,38,58H,4-28,31-34,36-37,39-57H2,1-3H3/b30-29-,38-35-. The molecule has 0 saturated heterocycles. The van der Waals surface area contributed by atoms with Gasteiger partial charge in [-0.1, -0.05) is 263 Å². The molecule has 0 amide bonds. The molecule has 394 valence electrons. The maximum absolute atomic E-state index is 12.9. The van der Waals surface area contributed by atoms with Crippen molar-refractivity contribution >= 4 is 17.9 Å². The van der Waals surface area contributed by atoms with Crippen molar-refractivity contribution in [2.75, 3.05) is 13.2 Å². The average molecular weight is 944 g/mol. The Kier molecular flexibility index (Phi) is 54.7. The van der Waals surface area contributed by atoms with E-state index in [4.69, 9.17) is 14.2 Å². The molecule has 0 spiro atoms. The molecule has 0 aromatic heterocycles. The van der Waals surface area contributed by atoms with Crippen LogP contribution in [0.1, 0.15) is 329 Å². The lowest BCUT2D eigenvalue weighted by Crippen LogP contribution is -2.30. The molecule has 6 heteroatoms. The van der Waals surface area contributed by atoms with E-state index in [-0.39, 0.29) is 31.1 Å². The summed E-state index contributed by atoms with van der Waals surface area (Å²) in [6.07, 6.45) is 66.0. The summed E-state index contributed by atoms with van der Waals surface area (Å²) in [5, 5.41) is 0. The normalized spacial score (nSPS) is 12.1. The number of allylic oxidation sites excluding steroid dienone is 4. The first-order chi connectivity index (χ1) is 33.0. The van der Waals surface area contributed by atoms with E-state index < -0.39 is 6.10 Å². The van der Waals surface area contributed by atoms with Crippen molar-refractivity contribution in [1.82, 2.24) is 0 Å². The minimum absolute atomic E-state index is 0.0739. The number of unbranched alkanes of at least 4 members (excludes halogenated alkanes) is 40. The highest BCUT2D eigenvalue weighted by molar-refractivity contribution is 5.71. The lowest BCUT2D eigenvalue weighted by atomic mass is 10.0. The number of hydrogen-bond donors (Lipinski definition) is 0. The average Bonchev–Trinajstić information content (AvgIpc) is 3.33. The second-order valence-electron chi connectivity index (χ2n) is 20.3. The van der Waals surface area contributed by atoms with Crippen LogP contribution < -0.4 is 0 Å². The van der Waals surface area contributed by atoms with Gasteiger partial charge in [0.2, 0.25) is 0 Å². The van der Waals surface area contributed by atoms with Crippen LogP contribution in [0.15, 0.2) is 24.3 Å². The van der Waals surface area contributed by atoms with Gasteiger partial charge >= 0.3 is 17.9 Å². The number of carbonyl (C=O) groups is 3. The smallest absolute Gasteiger partial charge is 0.306 e. The monoisotopic (exact) mass is 943 g/mol. The molecule has 67 heavy (non-hydrogen) atoms. The Hall–Kier alpha value is -2.11. The SMILES string of the molecule is CCCCCCCC/C=C\CCCCCC(=O)OCC(COC(=O)CCCCCCCCC/C=C\CCCCCCCCCC)OC(=O)CCCCCCCCCCCCCCCCCCC. The minimum atomic E-state index is -0.775. The quantitative estimate of drug-likeness (QED) is 0.0262. The molecular formula is C61H114O6. The van der Waals surface area contributed by atoms with Crippen molar-refractivity contribution < 1.29 is 28.6 Å². The summed E-state index contributed by atoms with van der Waals surface area (Å²) in [7, 11) is 0. The first-order valence-electron chi connectivity index (χ1n) is 29.8. The molecule has 0 bridgehead atoms.